The Hall–Kier alpha value is -5.19. The van der Waals surface area contributed by atoms with E-state index in [0.717, 1.165) is 97.0 Å². The fourth-order valence-corrected chi connectivity index (χ4v) is 10.2. The molecular weight excluding hydrogens is 858 g/mol. The van der Waals surface area contributed by atoms with E-state index in [0.29, 0.717) is 45.3 Å². The number of pyridine rings is 2. The van der Waals surface area contributed by atoms with Crippen LogP contribution in [0.3, 0.4) is 0 Å². The summed E-state index contributed by atoms with van der Waals surface area (Å²) in [6.07, 6.45) is 15.4. The number of fused-ring (bicyclic) bond motifs is 4. The Kier molecular flexibility index (Phi) is 13.1. The largest absolute Gasteiger partial charge is 0.391 e. The monoisotopic (exact) mass is 907 g/mol. The number of hydrogen-bond donors (Lipinski definition) is 4. The number of rotatable bonds is 9. The van der Waals surface area contributed by atoms with Gasteiger partial charge in [0, 0.05) is 82.1 Å². The number of likely N-dealkylation sites (tertiary alicyclic amines) is 1. The summed E-state index contributed by atoms with van der Waals surface area (Å²) < 4.78 is 42.1. The van der Waals surface area contributed by atoms with Crippen molar-refractivity contribution >= 4 is 56.6 Å². The van der Waals surface area contributed by atoms with Crippen molar-refractivity contribution in [2.24, 2.45) is 11.8 Å². The molecule has 6 aliphatic rings. The summed E-state index contributed by atoms with van der Waals surface area (Å²) in [4.78, 5) is 28.6. The lowest BCUT2D eigenvalue weighted by Gasteiger charge is -2.24. The van der Waals surface area contributed by atoms with Crippen LogP contribution in [0, 0.1) is 40.6 Å². The third-order valence-corrected chi connectivity index (χ3v) is 14.2. The lowest BCUT2D eigenvalue weighted by molar-refractivity contribution is -0.133. The van der Waals surface area contributed by atoms with E-state index in [2.05, 4.69) is 32.7 Å². The number of carbonyl (C=O) groups excluding carboxylic acids is 1. The number of aryl methyl sites for hydroxylation is 1. The molecule has 6 aromatic rings. The Balaban J connectivity index is 0.000000270. The van der Waals surface area contributed by atoms with Crippen LogP contribution in [0.25, 0.3) is 44.2 Å². The van der Waals surface area contributed by atoms with Crippen LogP contribution in [0.5, 0.6) is 0 Å². The first-order valence-electron chi connectivity index (χ1n) is 22.4. The molecule has 12 rings (SSSR count). The van der Waals surface area contributed by atoms with Gasteiger partial charge < -0.3 is 25.6 Å². The van der Waals surface area contributed by atoms with Gasteiger partial charge in [-0.15, -0.1) is 0 Å². The van der Waals surface area contributed by atoms with Crippen LogP contribution >= 0.6 is 23.2 Å². The summed E-state index contributed by atoms with van der Waals surface area (Å²) in [7, 11) is 0. The van der Waals surface area contributed by atoms with Crippen LogP contribution in [0.1, 0.15) is 93.5 Å². The Morgan fingerprint density at radius 2 is 1.72 bits per heavy atom. The van der Waals surface area contributed by atoms with Gasteiger partial charge in [-0.25, -0.2) is 18.2 Å². The second-order valence-electron chi connectivity index (χ2n) is 17.7. The summed E-state index contributed by atoms with van der Waals surface area (Å²) in [6.45, 7) is 1.44. The lowest BCUT2D eigenvalue weighted by atomic mass is 9.87. The number of carbonyl (C=O) groups is 1. The van der Waals surface area contributed by atoms with Crippen LogP contribution in [-0.4, -0.2) is 56.0 Å². The highest BCUT2D eigenvalue weighted by molar-refractivity contribution is 6.43. The number of aromatic nitrogens is 3. The van der Waals surface area contributed by atoms with E-state index in [9.17, 15) is 18.8 Å². The first-order chi connectivity index (χ1) is 31.1. The average Bonchev–Trinajstić information content (AvgIpc) is 3.89. The highest BCUT2D eigenvalue weighted by Gasteiger charge is 2.40. The van der Waals surface area contributed by atoms with Crippen molar-refractivity contribution in [3.8, 4) is 28.5 Å². The standard InChI is InChI=1S/C38H35Cl2FN6O.C7H6F2O.C5H9N/c39-29-10-3-9-26(33(29)40)32-22(6-4-14-42)17-27-36-28(18-30(45-36)31-11-5-15-47(31)38(48)21-12-13-21)35(46-37(27)34(32)41)23-16-25(20-43-19-23)44-24-7-1-2-8-24;8-6-2-1-3-7(9)5(6)4-10;1-4-2-5(1)6-3-4/h3,9-10,16-21,24,31,44-45H,1-2,4-8,11-13,15H2;1-3,10H,4H2;4-6H,1-3H2. The number of halogens is 5. The summed E-state index contributed by atoms with van der Waals surface area (Å²) in [5.74, 6) is -0.506. The SMILES string of the molecule is C1NC2CC1C2.N#CCCc1cc2c(nc(-c3cncc(NC4CCCC4)c3)c3cc(C4CCCN4C(=O)C4CC4)[nH]c32)c(F)c1-c1cccc(Cl)c1Cl.OCc1c(F)cccc1F. The van der Waals surface area contributed by atoms with Gasteiger partial charge in [-0.1, -0.05) is 54.2 Å². The zero-order valence-electron chi connectivity index (χ0n) is 35.4. The third kappa shape index (κ3) is 9.05. The highest BCUT2D eigenvalue weighted by atomic mass is 35.5. The number of H-pyrrole nitrogens is 1. The number of nitriles is 1. The first kappa shape index (κ1) is 44.0. The molecule has 64 heavy (non-hydrogen) atoms. The molecule has 0 spiro atoms. The molecule has 0 radical (unpaired) electrons. The molecule has 6 fully saturated rings. The minimum Gasteiger partial charge on any atom is -0.391 e. The van der Waals surface area contributed by atoms with Gasteiger partial charge in [-0.3, -0.25) is 9.78 Å². The average molecular weight is 909 g/mol. The van der Waals surface area contributed by atoms with Gasteiger partial charge in [0.15, 0.2) is 5.82 Å². The van der Waals surface area contributed by atoms with Gasteiger partial charge >= 0.3 is 0 Å². The van der Waals surface area contributed by atoms with Gasteiger partial charge in [0.2, 0.25) is 5.91 Å². The second kappa shape index (κ2) is 19.1. The number of nitrogens with zero attached hydrogens (tertiary/aromatic N) is 4. The predicted octanol–water partition coefficient (Wildman–Crippen LogP) is 11.6. The Morgan fingerprint density at radius 1 is 0.953 bits per heavy atom. The van der Waals surface area contributed by atoms with E-state index in [4.69, 9.17) is 33.3 Å². The Bertz CT molecular complexity index is 2710. The number of aliphatic hydroxyl groups excluding tert-OH is 1. The molecule has 3 aromatic heterocycles. The quantitative estimate of drug-likeness (QED) is 0.114. The molecule has 3 aliphatic heterocycles. The number of aliphatic hydroxyl groups is 1. The van der Waals surface area contributed by atoms with E-state index in [-0.39, 0.29) is 40.4 Å². The van der Waals surface area contributed by atoms with Gasteiger partial charge in [0.05, 0.1) is 45.7 Å². The number of amides is 1. The Labute approximate surface area is 380 Å². The molecule has 1 unspecified atom stereocenters. The molecular formula is C50H50Cl2F3N7O2. The molecule has 6 heterocycles. The van der Waals surface area contributed by atoms with Crippen molar-refractivity contribution in [3.63, 3.8) is 0 Å². The number of aromatic amines is 1. The molecule has 14 heteroatoms. The second-order valence-corrected chi connectivity index (χ2v) is 18.5. The smallest absolute Gasteiger partial charge is 0.226 e. The molecule has 1 atom stereocenters. The zero-order chi connectivity index (χ0) is 44.5. The molecule has 3 aromatic carbocycles. The van der Waals surface area contributed by atoms with Gasteiger partial charge in [0.1, 0.15) is 17.2 Å². The van der Waals surface area contributed by atoms with Gasteiger partial charge in [0.25, 0.3) is 0 Å². The maximum atomic E-state index is 17.2. The normalized spacial score (nSPS) is 20.1. The van der Waals surface area contributed by atoms with E-state index < -0.39 is 24.1 Å². The summed E-state index contributed by atoms with van der Waals surface area (Å²) >= 11 is 13.1. The number of hydrogen-bond acceptors (Lipinski definition) is 7. The minimum atomic E-state index is -0.706. The maximum Gasteiger partial charge on any atom is 0.226 e. The first-order valence-corrected chi connectivity index (χ1v) is 23.2. The molecule has 1 amide bonds. The molecule has 332 valence electrons. The molecule has 2 bridgehead atoms. The molecule has 9 nitrogen and oxygen atoms in total. The topological polar surface area (TPSA) is 130 Å². The molecule has 3 aliphatic carbocycles. The van der Waals surface area contributed by atoms with E-state index in [1.807, 2.05) is 23.2 Å². The van der Waals surface area contributed by atoms with Crippen LogP contribution < -0.4 is 10.6 Å². The summed E-state index contributed by atoms with van der Waals surface area (Å²) in [5.41, 5.74) is 5.24. The lowest BCUT2D eigenvalue weighted by Crippen LogP contribution is -2.31. The van der Waals surface area contributed by atoms with Crippen molar-refractivity contribution in [2.75, 3.05) is 18.4 Å². The van der Waals surface area contributed by atoms with Crippen molar-refractivity contribution in [1.29, 1.82) is 5.26 Å². The molecule has 3 saturated carbocycles. The van der Waals surface area contributed by atoms with Crippen molar-refractivity contribution < 1.29 is 23.1 Å². The van der Waals surface area contributed by atoms with E-state index >= 15 is 4.39 Å². The van der Waals surface area contributed by atoms with E-state index in [1.54, 1.807) is 24.4 Å². The van der Waals surface area contributed by atoms with Crippen molar-refractivity contribution in [1.82, 2.24) is 25.2 Å². The van der Waals surface area contributed by atoms with Crippen LogP contribution in [0.2, 0.25) is 10.0 Å². The van der Waals surface area contributed by atoms with Crippen LogP contribution in [0.4, 0.5) is 18.9 Å². The maximum absolute atomic E-state index is 17.2. The predicted molar refractivity (Wildman–Crippen MR) is 245 cm³/mol. The fraction of sp³-hybridized carbons (Fsp3) is 0.400. The number of nitrogens with one attached hydrogen (secondary N) is 3. The number of anilines is 1. The van der Waals surface area contributed by atoms with Crippen molar-refractivity contribution in [3.05, 3.63) is 111 Å². The van der Waals surface area contributed by atoms with Crippen LogP contribution in [-0.2, 0) is 17.8 Å². The molecule has 3 saturated heterocycles. The van der Waals surface area contributed by atoms with Gasteiger partial charge in [-0.2, -0.15) is 5.26 Å². The summed E-state index contributed by atoms with van der Waals surface area (Å²) in [5, 5.41) is 27.0. The summed E-state index contributed by atoms with van der Waals surface area (Å²) in [6, 6.07) is 18.1. The Morgan fingerprint density at radius 3 is 2.38 bits per heavy atom. The minimum absolute atomic E-state index is 0.0886. The van der Waals surface area contributed by atoms with E-state index in [1.165, 1.54) is 38.3 Å². The fourth-order valence-electron chi connectivity index (χ4n) is 9.77. The zero-order valence-corrected chi connectivity index (χ0v) is 36.9. The van der Waals surface area contributed by atoms with Crippen molar-refractivity contribution in [2.45, 2.75) is 102 Å². The molecule has 4 N–H and O–H groups in total. The van der Waals surface area contributed by atoms with Gasteiger partial charge in [-0.05, 0) is 112 Å². The number of benzene rings is 3. The highest BCUT2D eigenvalue weighted by Crippen LogP contribution is 2.45. The third-order valence-electron chi connectivity index (χ3n) is 13.3. The van der Waals surface area contributed by atoms with Crippen LogP contribution in [0.15, 0.2) is 67.0 Å².